The number of aromatic hydroxyl groups is 4. The average Bonchev–Trinajstić information content (AvgIpc) is 2.95. The van der Waals surface area contributed by atoms with E-state index in [1.807, 2.05) is 0 Å². The number of ether oxygens (including phenoxy) is 3. The van der Waals surface area contributed by atoms with Crippen LogP contribution in [0.25, 0.3) is 28.4 Å². The van der Waals surface area contributed by atoms with E-state index >= 15 is 0 Å². The molecule has 0 amide bonds. The SMILES string of the molecule is C[C@@H]1O[C@@H](Oc2c(-c3ccc(O)cc3)oc3cc(O)cc(O)c3c2=O)[C@H](OC(=O)C=Cc2ccc(O)cc2)[C@H](O)[C@H]1O. The van der Waals surface area contributed by atoms with Crippen LogP contribution < -0.4 is 10.2 Å². The summed E-state index contributed by atoms with van der Waals surface area (Å²) in [6.45, 7) is 1.44. The Kier molecular flexibility index (Phi) is 7.77. The highest BCUT2D eigenvalue weighted by molar-refractivity contribution is 5.88. The second-order valence-corrected chi connectivity index (χ2v) is 9.61. The Morgan fingerprint density at radius 3 is 2.19 bits per heavy atom. The Morgan fingerprint density at radius 2 is 1.52 bits per heavy atom. The Hall–Kier alpha value is -5.04. The van der Waals surface area contributed by atoms with Gasteiger partial charge < -0.3 is 49.3 Å². The number of hydrogen-bond acceptors (Lipinski definition) is 12. The minimum Gasteiger partial charge on any atom is -0.508 e. The number of carbonyl (C=O) groups excluding carboxylic acids is 1. The minimum absolute atomic E-state index is 0.0373. The second-order valence-electron chi connectivity index (χ2n) is 9.61. The third-order valence-corrected chi connectivity index (χ3v) is 6.62. The summed E-state index contributed by atoms with van der Waals surface area (Å²) in [6, 6.07) is 13.5. The van der Waals surface area contributed by atoms with Crippen molar-refractivity contribution in [1.82, 2.24) is 0 Å². The lowest BCUT2D eigenvalue weighted by Crippen LogP contribution is -2.59. The molecule has 5 atom stereocenters. The summed E-state index contributed by atoms with van der Waals surface area (Å²) in [5, 5.41) is 60.4. The number of aliphatic hydroxyl groups excluding tert-OH is 2. The summed E-state index contributed by atoms with van der Waals surface area (Å²) in [4.78, 5) is 26.4. The van der Waals surface area contributed by atoms with Crippen molar-refractivity contribution < 1.29 is 54.1 Å². The molecule has 0 aliphatic carbocycles. The lowest BCUT2D eigenvalue weighted by atomic mass is 9.99. The molecule has 4 aromatic rings. The molecule has 218 valence electrons. The van der Waals surface area contributed by atoms with Gasteiger partial charge in [0.05, 0.1) is 6.10 Å². The molecule has 1 aromatic heterocycles. The number of esters is 1. The molecule has 12 nitrogen and oxygen atoms in total. The number of phenols is 4. The summed E-state index contributed by atoms with van der Waals surface area (Å²) in [6.07, 6.45) is -5.03. The van der Waals surface area contributed by atoms with Gasteiger partial charge in [0.2, 0.25) is 17.5 Å². The first-order valence-electron chi connectivity index (χ1n) is 12.7. The maximum atomic E-state index is 13.7. The molecule has 5 rings (SSSR count). The van der Waals surface area contributed by atoms with Crippen LogP contribution in [0.15, 0.2) is 76.0 Å². The van der Waals surface area contributed by atoms with Crippen molar-refractivity contribution in [2.24, 2.45) is 0 Å². The standard InChI is InChI=1S/C30H26O12/c1-14-24(36)26(38)29(41-22(35)11-4-15-2-7-17(31)8-3-15)30(39-14)42-28-25(37)23-20(34)12-19(33)13-21(23)40-27(28)16-5-9-18(32)10-6-16/h2-14,24,26,29-34,36,38H,1H3/t14-,24-,26+,29+,30-/m0/s1. The Labute approximate surface area is 237 Å². The molecule has 12 heteroatoms. The predicted octanol–water partition coefficient (Wildman–Crippen LogP) is 2.75. The fourth-order valence-corrected chi connectivity index (χ4v) is 4.44. The molecule has 6 N–H and O–H groups in total. The van der Waals surface area contributed by atoms with Crippen LogP contribution in [0.5, 0.6) is 28.7 Å². The van der Waals surface area contributed by atoms with Crippen LogP contribution in [-0.4, -0.2) is 67.3 Å². The highest BCUT2D eigenvalue weighted by Crippen LogP contribution is 2.37. The number of rotatable bonds is 6. The van der Waals surface area contributed by atoms with E-state index in [1.165, 1.54) is 49.4 Å². The molecule has 1 saturated heterocycles. The Balaban J connectivity index is 1.54. The van der Waals surface area contributed by atoms with Gasteiger partial charge in [0.1, 0.15) is 46.2 Å². The third-order valence-electron chi connectivity index (χ3n) is 6.62. The van der Waals surface area contributed by atoms with Crippen LogP contribution in [-0.2, 0) is 14.3 Å². The van der Waals surface area contributed by atoms with E-state index in [2.05, 4.69) is 0 Å². The maximum Gasteiger partial charge on any atom is 0.331 e. The van der Waals surface area contributed by atoms with Gasteiger partial charge in [0.25, 0.3) is 0 Å². The molecular weight excluding hydrogens is 552 g/mol. The number of fused-ring (bicyclic) bond motifs is 1. The molecule has 0 unspecified atom stereocenters. The van der Waals surface area contributed by atoms with Crippen LogP contribution in [0.3, 0.4) is 0 Å². The molecule has 2 heterocycles. The summed E-state index contributed by atoms with van der Waals surface area (Å²) in [5.74, 6) is -2.64. The van der Waals surface area contributed by atoms with E-state index in [9.17, 15) is 40.2 Å². The van der Waals surface area contributed by atoms with Crippen molar-refractivity contribution in [1.29, 1.82) is 0 Å². The van der Waals surface area contributed by atoms with Crippen LogP contribution >= 0.6 is 0 Å². The van der Waals surface area contributed by atoms with Gasteiger partial charge in [-0.3, -0.25) is 4.79 Å². The van der Waals surface area contributed by atoms with Crippen molar-refractivity contribution in [2.75, 3.05) is 0 Å². The van der Waals surface area contributed by atoms with E-state index in [1.54, 1.807) is 12.1 Å². The minimum atomic E-state index is -1.69. The van der Waals surface area contributed by atoms with E-state index in [0.717, 1.165) is 18.2 Å². The van der Waals surface area contributed by atoms with Gasteiger partial charge in [-0.15, -0.1) is 0 Å². The number of hydrogen-bond donors (Lipinski definition) is 6. The van der Waals surface area contributed by atoms with Gasteiger partial charge in [-0.2, -0.15) is 0 Å². The van der Waals surface area contributed by atoms with Gasteiger partial charge in [-0.25, -0.2) is 4.79 Å². The predicted molar refractivity (Wildman–Crippen MR) is 147 cm³/mol. The summed E-state index contributed by atoms with van der Waals surface area (Å²) in [7, 11) is 0. The van der Waals surface area contributed by atoms with E-state index < -0.39 is 53.6 Å². The number of phenolic OH excluding ortho intramolecular Hbond substituents is 4. The molecule has 1 aliphatic rings. The molecular formula is C30H26O12. The van der Waals surface area contributed by atoms with E-state index in [-0.39, 0.29) is 39.5 Å². The van der Waals surface area contributed by atoms with Crippen molar-refractivity contribution >= 4 is 23.0 Å². The average molecular weight is 579 g/mol. The molecule has 1 fully saturated rings. The highest BCUT2D eigenvalue weighted by Gasteiger charge is 2.47. The monoisotopic (exact) mass is 578 g/mol. The van der Waals surface area contributed by atoms with Crippen molar-refractivity contribution in [3.63, 3.8) is 0 Å². The first kappa shape index (κ1) is 28.5. The Bertz CT molecular complexity index is 1690. The van der Waals surface area contributed by atoms with Crippen molar-refractivity contribution in [3.8, 4) is 40.1 Å². The maximum absolute atomic E-state index is 13.7. The van der Waals surface area contributed by atoms with Gasteiger partial charge in [0, 0.05) is 23.8 Å². The summed E-state index contributed by atoms with van der Waals surface area (Å²) < 4.78 is 22.9. The van der Waals surface area contributed by atoms with Crippen LogP contribution in [0.1, 0.15) is 12.5 Å². The molecule has 0 bridgehead atoms. The normalized spacial score (nSPS) is 22.3. The number of aliphatic hydroxyl groups is 2. The van der Waals surface area contributed by atoms with E-state index in [4.69, 9.17) is 18.6 Å². The smallest absolute Gasteiger partial charge is 0.331 e. The fourth-order valence-electron chi connectivity index (χ4n) is 4.44. The van der Waals surface area contributed by atoms with Crippen molar-refractivity contribution in [2.45, 2.75) is 37.6 Å². The van der Waals surface area contributed by atoms with Crippen LogP contribution in [0.2, 0.25) is 0 Å². The fraction of sp³-hybridized carbons (Fsp3) is 0.200. The van der Waals surface area contributed by atoms with Crippen molar-refractivity contribution in [3.05, 3.63) is 82.5 Å². The van der Waals surface area contributed by atoms with Gasteiger partial charge >= 0.3 is 5.97 Å². The third kappa shape index (κ3) is 5.72. The summed E-state index contributed by atoms with van der Waals surface area (Å²) >= 11 is 0. The zero-order valence-electron chi connectivity index (χ0n) is 21.9. The molecule has 42 heavy (non-hydrogen) atoms. The molecule has 1 aliphatic heterocycles. The quantitative estimate of drug-likeness (QED) is 0.145. The molecule has 3 aromatic carbocycles. The Morgan fingerprint density at radius 1 is 0.881 bits per heavy atom. The number of benzene rings is 3. The number of carbonyl (C=O) groups is 1. The first-order valence-corrected chi connectivity index (χ1v) is 12.7. The van der Waals surface area contributed by atoms with Gasteiger partial charge in [-0.1, -0.05) is 12.1 Å². The molecule has 0 spiro atoms. The first-order chi connectivity index (χ1) is 20.0. The summed E-state index contributed by atoms with van der Waals surface area (Å²) in [5.41, 5.74) is -0.251. The lowest BCUT2D eigenvalue weighted by molar-refractivity contribution is -0.272. The molecule has 0 radical (unpaired) electrons. The lowest BCUT2D eigenvalue weighted by Gasteiger charge is -2.40. The highest BCUT2D eigenvalue weighted by atomic mass is 16.7. The van der Waals surface area contributed by atoms with E-state index in [0.29, 0.717) is 5.56 Å². The van der Waals surface area contributed by atoms with Gasteiger partial charge in [0.15, 0.2) is 11.9 Å². The topological polar surface area (TPSA) is 196 Å². The zero-order valence-corrected chi connectivity index (χ0v) is 21.9. The van der Waals surface area contributed by atoms with Crippen LogP contribution in [0.4, 0.5) is 0 Å². The van der Waals surface area contributed by atoms with Crippen LogP contribution in [0, 0.1) is 0 Å². The zero-order chi connectivity index (χ0) is 30.1. The second kappa shape index (κ2) is 11.4. The molecule has 0 saturated carbocycles. The largest absolute Gasteiger partial charge is 0.508 e. The van der Waals surface area contributed by atoms with Gasteiger partial charge in [-0.05, 0) is 55.0 Å².